The molecule has 2 N–H and O–H groups in total. The molecule has 40 heavy (non-hydrogen) atoms. The van der Waals surface area contributed by atoms with Gasteiger partial charge >= 0.3 is 0 Å². The summed E-state index contributed by atoms with van der Waals surface area (Å²) in [6.45, 7) is 15.5. The molecule has 6 nitrogen and oxygen atoms in total. The molecule has 6 rings (SSSR count). The van der Waals surface area contributed by atoms with Gasteiger partial charge in [-0.3, -0.25) is 0 Å². The summed E-state index contributed by atoms with van der Waals surface area (Å²) >= 11 is 0. The zero-order valence-corrected chi connectivity index (χ0v) is 22.1. The van der Waals surface area contributed by atoms with E-state index < -0.39 is 5.54 Å². The van der Waals surface area contributed by atoms with Crippen LogP contribution in [-0.2, 0) is 24.3 Å². The summed E-state index contributed by atoms with van der Waals surface area (Å²) < 4.78 is 12.1. The lowest BCUT2D eigenvalue weighted by Gasteiger charge is -2.15. The molecule has 0 aromatic heterocycles. The maximum atomic E-state index is 9.23. The first-order chi connectivity index (χ1) is 19.5. The molecule has 4 aromatic rings. The van der Waals surface area contributed by atoms with Crippen LogP contribution in [-0.4, -0.2) is 10.2 Å². The molecule has 0 bridgehead atoms. The molecule has 2 saturated carbocycles. The Balaban J connectivity index is 0.000000233. The molecule has 0 spiro atoms. The second kappa shape index (κ2) is 11.4. The highest BCUT2D eigenvalue weighted by atomic mass is 16.5. The highest BCUT2D eigenvalue weighted by molar-refractivity contribution is 5.48. The maximum Gasteiger partial charge on any atom is 0.258 e. The normalized spacial score (nSPS) is 15.3. The Morgan fingerprint density at radius 1 is 0.600 bits per heavy atom. The fourth-order valence-electron chi connectivity index (χ4n) is 4.48. The van der Waals surface area contributed by atoms with Crippen molar-refractivity contribution in [3.05, 3.63) is 142 Å². The minimum Gasteiger partial charge on any atom is -0.504 e. The Kier molecular flexibility index (Phi) is 7.62. The summed E-state index contributed by atoms with van der Waals surface area (Å²) in [4.78, 5) is 7.37. The van der Waals surface area contributed by atoms with Gasteiger partial charge in [-0.25, -0.2) is 13.1 Å². The Morgan fingerprint density at radius 3 is 1.55 bits per heavy atom. The lowest BCUT2D eigenvalue weighted by atomic mass is 10.1. The molecule has 6 heteroatoms. The van der Waals surface area contributed by atoms with Gasteiger partial charge in [0, 0.05) is 38.2 Å². The number of nitrogens with zero attached hydrogens (tertiary/aromatic N) is 2. The van der Waals surface area contributed by atoms with Crippen LogP contribution < -0.4 is 9.47 Å². The minimum atomic E-state index is -0.412. The number of hydrogen-bond donors (Lipinski definition) is 2. The first-order valence-corrected chi connectivity index (χ1v) is 13.2. The van der Waals surface area contributed by atoms with Crippen molar-refractivity contribution in [3.63, 3.8) is 0 Å². The first kappa shape index (κ1) is 26.7. The number of phenols is 2. The van der Waals surface area contributed by atoms with Crippen LogP contribution in [0.3, 0.4) is 0 Å². The summed E-state index contributed by atoms with van der Waals surface area (Å²) in [7, 11) is 0. The molecule has 0 aliphatic heterocycles. The van der Waals surface area contributed by atoms with Gasteiger partial charge in [0.15, 0.2) is 23.0 Å². The third-order valence-electron chi connectivity index (χ3n) is 7.34. The number of phenolic OH excluding ortho intramolecular Hbond substituents is 2. The Hall–Kier alpha value is -4.94. The summed E-state index contributed by atoms with van der Waals surface area (Å²) in [5, 5.41) is 18.3. The van der Waals surface area contributed by atoms with Gasteiger partial charge < -0.3 is 29.4 Å². The van der Waals surface area contributed by atoms with Crippen LogP contribution in [0.25, 0.3) is 9.69 Å². The highest BCUT2D eigenvalue weighted by Gasteiger charge is 2.53. The van der Waals surface area contributed by atoms with Crippen LogP contribution >= 0.6 is 0 Å². The molecule has 0 heterocycles. The number of hydrogen-bond acceptors (Lipinski definition) is 4. The average molecular weight is 533 g/mol. The van der Waals surface area contributed by atoms with E-state index in [1.807, 2.05) is 78.9 Å². The van der Waals surface area contributed by atoms with E-state index in [4.69, 9.17) is 27.7 Å². The molecule has 0 unspecified atom stereocenters. The van der Waals surface area contributed by atoms with E-state index in [2.05, 4.69) is 9.69 Å². The maximum absolute atomic E-state index is 9.23. The third kappa shape index (κ3) is 6.03. The molecule has 2 fully saturated rings. The fraction of sp³-hybridized carbons (Fsp3) is 0.235. The van der Waals surface area contributed by atoms with Crippen molar-refractivity contribution in [2.75, 3.05) is 0 Å². The summed E-state index contributed by atoms with van der Waals surface area (Å²) in [5.74, 6) is 1.12. The van der Waals surface area contributed by atoms with Gasteiger partial charge in [0.05, 0.1) is 0 Å². The number of ether oxygens (including phenoxy) is 2. The van der Waals surface area contributed by atoms with Crippen LogP contribution in [0, 0.1) is 13.1 Å². The Morgan fingerprint density at radius 2 is 1.07 bits per heavy atom. The van der Waals surface area contributed by atoms with Crippen molar-refractivity contribution in [2.45, 2.75) is 50.0 Å². The summed E-state index contributed by atoms with van der Waals surface area (Å²) in [6, 6.07) is 30.6. The van der Waals surface area contributed by atoms with Crippen molar-refractivity contribution in [1.29, 1.82) is 0 Å². The number of aromatic hydroxyl groups is 2. The van der Waals surface area contributed by atoms with E-state index in [1.54, 1.807) is 6.07 Å². The lowest BCUT2D eigenvalue weighted by molar-refractivity contribution is 0.255. The molecular weight excluding hydrogens is 500 g/mol. The smallest absolute Gasteiger partial charge is 0.258 e. The molecule has 0 amide bonds. The Labute approximate surface area is 236 Å². The Bertz CT molecular complexity index is 1550. The van der Waals surface area contributed by atoms with E-state index in [-0.39, 0.29) is 18.5 Å². The number of rotatable bonds is 8. The molecule has 2 aliphatic carbocycles. The van der Waals surface area contributed by atoms with E-state index in [0.717, 1.165) is 47.9 Å². The van der Waals surface area contributed by atoms with Gasteiger partial charge in [-0.1, -0.05) is 60.7 Å². The van der Waals surface area contributed by atoms with Crippen LogP contribution in [0.5, 0.6) is 23.0 Å². The van der Waals surface area contributed by atoms with Crippen molar-refractivity contribution in [3.8, 4) is 23.0 Å². The van der Waals surface area contributed by atoms with Gasteiger partial charge in [0.2, 0.25) is 0 Å². The molecule has 0 atom stereocenters. The van der Waals surface area contributed by atoms with Gasteiger partial charge in [-0.2, -0.15) is 0 Å². The molecule has 4 aromatic carbocycles. The second-order valence-electron chi connectivity index (χ2n) is 10.2. The zero-order valence-electron chi connectivity index (χ0n) is 22.1. The molecule has 0 radical (unpaired) electrons. The van der Waals surface area contributed by atoms with E-state index in [1.165, 1.54) is 12.1 Å². The van der Waals surface area contributed by atoms with Crippen molar-refractivity contribution in [1.82, 2.24) is 0 Å². The quantitative estimate of drug-likeness (QED) is 0.178. The highest BCUT2D eigenvalue weighted by Crippen LogP contribution is 2.52. The SMILES string of the molecule is [C-]#[N+]C1(c2ccc(O)c(O)c2)CC1.[C-]#[N+]C1(c2ccc(OCc3ccccc3)c(OCc3ccccc3)c2)CC1.[HH]. The van der Waals surface area contributed by atoms with Crippen LogP contribution in [0.2, 0.25) is 0 Å². The van der Waals surface area contributed by atoms with Crippen molar-refractivity contribution >= 4 is 0 Å². The van der Waals surface area contributed by atoms with E-state index >= 15 is 0 Å². The fourth-order valence-corrected chi connectivity index (χ4v) is 4.48. The summed E-state index contributed by atoms with van der Waals surface area (Å²) in [6.07, 6.45) is 3.53. The molecule has 2 aliphatic rings. The minimum absolute atomic E-state index is 0. The van der Waals surface area contributed by atoms with E-state index in [0.29, 0.717) is 24.7 Å². The second-order valence-corrected chi connectivity index (χ2v) is 10.2. The first-order valence-electron chi connectivity index (χ1n) is 13.2. The predicted molar refractivity (Wildman–Crippen MR) is 155 cm³/mol. The molecule has 202 valence electrons. The van der Waals surface area contributed by atoms with Crippen LogP contribution in [0.4, 0.5) is 0 Å². The van der Waals surface area contributed by atoms with Crippen LogP contribution in [0.15, 0.2) is 97.1 Å². The average Bonchev–Trinajstić information content (AvgIpc) is 3.94. The molecule has 0 saturated heterocycles. The number of benzene rings is 4. The van der Waals surface area contributed by atoms with Gasteiger partial charge in [-0.15, -0.1) is 0 Å². The predicted octanol–water partition coefficient (Wildman–Crippen LogP) is 8.01. The topological polar surface area (TPSA) is 67.6 Å². The van der Waals surface area contributed by atoms with Crippen LogP contribution in [0.1, 0.15) is 49.4 Å². The monoisotopic (exact) mass is 532 g/mol. The largest absolute Gasteiger partial charge is 0.504 e. The zero-order chi connectivity index (χ0) is 28.0. The molecular formula is C34H32N2O4. The van der Waals surface area contributed by atoms with Crippen molar-refractivity contribution < 1.29 is 21.1 Å². The standard InChI is InChI=1S/C24H21NO2.C10H9NO2.H2/c1-25-24(14-15-24)21-12-13-22(26-17-19-8-4-2-5-9-19)23(16-21)27-18-20-10-6-3-7-11-20;1-11-10(4-5-10)7-2-3-8(12)9(13)6-7;/h2-13,16H,14-15,17-18H2;2-3,6,12-13H,4-5H2;1H. The van der Waals surface area contributed by atoms with E-state index in [9.17, 15) is 5.11 Å². The van der Waals surface area contributed by atoms with Gasteiger partial charge in [-0.05, 0) is 47.5 Å². The summed E-state index contributed by atoms with van der Waals surface area (Å²) in [5.41, 5.74) is 3.26. The lowest BCUT2D eigenvalue weighted by Crippen LogP contribution is -2.04. The van der Waals surface area contributed by atoms with Gasteiger partial charge in [0.25, 0.3) is 11.1 Å². The van der Waals surface area contributed by atoms with Gasteiger partial charge in [0.1, 0.15) is 13.2 Å². The third-order valence-corrected chi connectivity index (χ3v) is 7.34. The van der Waals surface area contributed by atoms with Crippen molar-refractivity contribution in [2.24, 2.45) is 0 Å².